The molecule has 0 spiro atoms. The lowest BCUT2D eigenvalue weighted by Crippen LogP contribution is -2.22. The van der Waals surface area contributed by atoms with Crippen molar-refractivity contribution >= 4 is 0 Å². The molecule has 1 rings (SSSR count). The molecule has 0 fully saturated rings. The summed E-state index contributed by atoms with van der Waals surface area (Å²) in [6.07, 6.45) is 2.55. The Morgan fingerprint density at radius 1 is 1.05 bits per heavy atom. The van der Waals surface area contributed by atoms with Crippen LogP contribution in [-0.2, 0) is 0 Å². The van der Waals surface area contributed by atoms with E-state index in [0.717, 1.165) is 31.4 Å². The van der Waals surface area contributed by atoms with Gasteiger partial charge in [0.1, 0.15) is 12.4 Å². The number of benzene rings is 1. The Hall–Kier alpha value is -1.02. The van der Waals surface area contributed by atoms with Crippen molar-refractivity contribution in [1.82, 2.24) is 5.32 Å². The molecule has 0 aliphatic carbocycles. The quantitative estimate of drug-likeness (QED) is 0.715. The number of nitrogens with one attached hydrogen (secondary N) is 1. The summed E-state index contributed by atoms with van der Waals surface area (Å²) in [6, 6.07) is 4.29. The number of ether oxygens (including phenoxy) is 1. The van der Waals surface area contributed by atoms with Gasteiger partial charge in [0.2, 0.25) is 0 Å². The molecule has 0 amide bonds. The highest BCUT2D eigenvalue weighted by atomic mass is 16.5. The van der Waals surface area contributed by atoms with E-state index in [9.17, 15) is 0 Å². The van der Waals surface area contributed by atoms with E-state index in [0.29, 0.717) is 0 Å². The first kappa shape index (κ1) is 16.0. The van der Waals surface area contributed by atoms with Crippen LogP contribution in [0.2, 0.25) is 0 Å². The van der Waals surface area contributed by atoms with Crippen LogP contribution in [0, 0.1) is 26.7 Å². The first-order valence-electron chi connectivity index (χ1n) is 7.42. The van der Waals surface area contributed by atoms with Crippen molar-refractivity contribution in [2.24, 2.45) is 5.92 Å². The van der Waals surface area contributed by atoms with Crippen LogP contribution < -0.4 is 10.1 Å². The normalized spacial score (nSPS) is 11.1. The summed E-state index contributed by atoms with van der Waals surface area (Å²) < 4.78 is 5.91. The second-order valence-corrected chi connectivity index (χ2v) is 5.79. The molecule has 0 heterocycles. The Balaban J connectivity index is 2.25. The van der Waals surface area contributed by atoms with Gasteiger partial charge < -0.3 is 10.1 Å². The van der Waals surface area contributed by atoms with E-state index in [2.05, 4.69) is 52.1 Å². The maximum Gasteiger partial charge on any atom is 0.125 e. The fourth-order valence-electron chi connectivity index (χ4n) is 2.13. The number of hydrogen-bond acceptors (Lipinski definition) is 2. The zero-order valence-corrected chi connectivity index (χ0v) is 13.2. The van der Waals surface area contributed by atoms with Gasteiger partial charge in [-0.15, -0.1) is 0 Å². The molecule has 0 aliphatic rings. The second kappa shape index (κ2) is 8.21. The van der Waals surface area contributed by atoms with Gasteiger partial charge in [-0.1, -0.05) is 26.0 Å². The Morgan fingerprint density at radius 2 is 1.74 bits per heavy atom. The van der Waals surface area contributed by atoms with Crippen molar-refractivity contribution < 1.29 is 4.74 Å². The summed E-state index contributed by atoms with van der Waals surface area (Å²) in [7, 11) is 0. The molecule has 0 saturated heterocycles. The fraction of sp³-hybridized carbons (Fsp3) is 0.647. The lowest BCUT2D eigenvalue weighted by Gasteiger charge is -2.14. The lowest BCUT2D eigenvalue weighted by molar-refractivity contribution is 0.309. The molecular weight excluding hydrogens is 234 g/mol. The maximum atomic E-state index is 5.91. The molecule has 0 aromatic heterocycles. The smallest absolute Gasteiger partial charge is 0.125 e. The summed E-state index contributed by atoms with van der Waals surface area (Å²) in [4.78, 5) is 0. The van der Waals surface area contributed by atoms with E-state index in [1.807, 2.05) is 0 Å². The molecule has 1 N–H and O–H groups in total. The molecular formula is C17H29NO. The minimum Gasteiger partial charge on any atom is -0.492 e. The Bertz CT molecular complexity index is 385. The molecule has 1 aromatic carbocycles. The number of rotatable bonds is 8. The van der Waals surface area contributed by atoms with Gasteiger partial charge in [0.05, 0.1) is 0 Å². The highest BCUT2D eigenvalue weighted by Gasteiger charge is 2.05. The van der Waals surface area contributed by atoms with Gasteiger partial charge in [-0.3, -0.25) is 0 Å². The average molecular weight is 263 g/mol. The third-order valence-electron chi connectivity index (χ3n) is 3.53. The molecule has 2 nitrogen and oxygen atoms in total. The third-order valence-corrected chi connectivity index (χ3v) is 3.53. The van der Waals surface area contributed by atoms with Crippen LogP contribution in [0.5, 0.6) is 5.75 Å². The first-order chi connectivity index (χ1) is 9.02. The van der Waals surface area contributed by atoms with Crippen LogP contribution >= 0.6 is 0 Å². The molecule has 0 aliphatic heterocycles. The molecule has 0 saturated carbocycles. The maximum absolute atomic E-state index is 5.91. The van der Waals surface area contributed by atoms with Crippen LogP contribution in [0.15, 0.2) is 12.1 Å². The van der Waals surface area contributed by atoms with Crippen molar-refractivity contribution in [1.29, 1.82) is 0 Å². The van der Waals surface area contributed by atoms with E-state index in [1.165, 1.54) is 29.5 Å². The molecule has 1 aromatic rings. The SMILES string of the molecule is Cc1ccc(C)c(OCCNCCCC(C)C)c1C. The van der Waals surface area contributed by atoms with Crippen molar-refractivity contribution in [3.63, 3.8) is 0 Å². The highest BCUT2D eigenvalue weighted by Crippen LogP contribution is 2.25. The minimum atomic E-state index is 0.743. The summed E-state index contributed by atoms with van der Waals surface area (Å²) in [6.45, 7) is 13.7. The largest absolute Gasteiger partial charge is 0.492 e. The average Bonchev–Trinajstić information content (AvgIpc) is 2.36. The van der Waals surface area contributed by atoms with Crippen LogP contribution in [0.3, 0.4) is 0 Å². The van der Waals surface area contributed by atoms with Crippen LogP contribution in [0.25, 0.3) is 0 Å². The topological polar surface area (TPSA) is 21.3 Å². The van der Waals surface area contributed by atoms with E-state index in [-0.39, 0.29) is 0 Å². The van der Waals surface area contributed by atoms with Gasteiger partial charge in [-0.2, -0.15) is 0 Å². The van der Waals surface area contributed by atoms with E-state index >= 15 is 0 Å². The van der Waals surface area contributed by atoms with Gasteiger partial charge in [-0.05, 0) is 62.8 Å². The van der Waals surface area contributed by atoms with Crippen molar-refractivity contribution in [2.45, 2.75) is 47.5 Å². The number of hydrogen-bond donors (Lipinski definition) is 1. The van der Waals surface area contributed by atoms with Crippen molar-refractivity contribution in [3.05, 3.63) is 28.8 Å². The van der Waals surface area contributed by atoms with E-state index in [1.54, 1.807) is 0 Å². The summed E-state index contributed by atoms with van der Waals surface area (Å²) in [5.74, 6) is 1.86. The molecule has 108 valence electrons. The van der Waals surface area contributed by atoms with Crippen LogP contribution in [0.4, 0.5) is 0 Å². The lowest BCUT2D eigenvalue weighted by atomic mass is 10.1. The van der Waals surface area contributed by atoms with Crippen LogP contribution in [0.1, 0.15) is 43.4 Å². The van der Waals surface area contributed by atoms with Gasteiger partial charge in [0.15, 0.2) is 0 Å². The van der Waals surface area contributed by atoms with Crippen LogP contribution in [-0.4, -0.2) is 19.7 Å². The molecule has 19 heavy (non-hydrogen) atoms. The van der Waals surface area contributed by atoms with E-state index in [4.69, 9.17) is 4.74 Å². The minimum absolute atomic E-state index is 0.743. The van der Waals surface area contributed by atoms with Gasteiger partial charge in [0.25, 0.3) is 0 Å². The van der Waals surface area contributed by atoms with Gasteiger partial charge in [0, 0.05) is 6.54 Å². The Kier molecular flexibility index (Phi) is 6.93. The van der Waals surface area contributed by atoms with Gasteiger partial charge in [-0.25, -0.2) is 0 Å². The monoisotopic (exact) mass is 263 g/mol. The third kappa shape index (κ3) is 5.65. The predicted molar refractivity (Wildman–Crippen MR) is 83.1 cm³/mol. The molecule has 2 heteroatoms. The molecule has 0 bridgehead atoms. The predicted octanol–water partition coefficient (Wildman–Crippen LogP) is 4.02. The van der Waals surface area contributed by atoms with Crippen molar-refractivity contribution in [3.8, 4) is 5.75 Å². The van der Waals surface area contributed by atoms with Gasteiger partial charge >= 0.3 is 0 Å². The second-order valence-electron chi connectivity index (χ2n) is 5.79. The fourth-order valence-corrected chi connectivity index (χ4v) is 2.13. The summed E-state index contributed by atoms with van der Waals surface area (Å²) >= 11 is 0. The molecule has 0 radical (unpaired) electrons. The van der Waals surface area contributed by atoms with E-state index < -0.39 is 0 Å². The zero-order chi connectivity index (χ0) is 14.3. The highest BCUT2D eigenvalue weighted by molar-refractivity contribution is 5.44. The first-order valence-corrected chi connectivity index (χ1v) is 7.42. The number of aryl methyl sites for hydroxylation is 2. The Labute approximate surface area is 118 Å². The molecule has 0 unspecified atom stereocenters. The summed E-state index contributed by atoms with van der Waals surface area (Å²) in [5, 5.41) is 3.44. The summed E-state index contributed by atoms with van der Waals surface area (Å²) in [5.41, 5.74) is 3.79. The molecule has 0 atom stereocenters. The van der Waals surface area contributed by atoms with Crippen molar-refractivity contribution in [2.75, 3.05) is 19.7 Å². The standard InChI is InChI=1S/C17H29NO/c1-13(2)7-6-10-18-11-12-19-17-15(4)9-8-14(3)16(17)5/h8-9,13,18H,6-7,10-12H2,1-5H3. The zero-order valence-electron chi connectivity index (χ0n) is 13.2. The Morgan fingerprint density at radius 3 is 2.42 bits per heavy atom.